The van der Waals surface area contributed by atoms with Gasteiger partial charge < -0.3 is 9.67 Å². The maximum absolute atomic E-state index is 13.7. The Morgan fingerprint density at radius 2 is 2.10 bits per heavy atom. The topological polar surface area (TPSA) is 59.3 Å². The summed E-state index contributed by atoms with van der Waals surface area (Å²) in [5.74, 6) is -1.53. The molecule has 5 heteroatoms. The van der Waals surface area contributed by atoms with Crippen LogP contribution >= 0.6 is 0 Å². The highest BCUT2D eigenvalue weighted by molar-refractivity contribution is 5.93. The first-order valence-corrected chi connectivity index (χ1v) is 6.50. The van der Waals surface area contributed by atoms with Gasteiger partial charge in [-0.15, -0.1) is 0 Å². The minimum Gasteiger partial charge on any atom is -0.477 e. The quantitative estimate of drug-likeness (QED) is 0.870. The van der Waals surface area contributed by atoms with Crippen molar-refractivity contribution in [1.82, 2.24) is 4.57 Å². The molecule has 1 aliphatic rings. The first-order chi connectivity index (χ1) is 9.40. The summed E-state index contributed by atoms with van der Waals surface area (Å²) in [6, 6.07) is 2.63. The molecule has 2 unspecified atom stereocenters. The van der Waals surface area contributed by atoms with Crippen LogP contribution < -0.4 is 5.43 Å². The number of benzene rings is 1. The van der Waals surface area contributed by atoms with E-state index in [0.29, 0.717) is 11.9 Å². The lowest BCUT2D eigenvalue weighted by molar-refractivity contribution is 0.0694. The number of hydrogen-bond acceptors (Lipinski definition) is 2. The van der Waals surface area contributed by atoms with E-state index in [-0.39, 0.29) is 22.9 Å². The third-order valence-corrected chi connectivity index (χ3v) is 4.20. The van der Waals surface area contributed by atoms with Crippen molar-refractivity contribution in [1.29, 1.82) is 0 Å². The molecule has 1 aromatic carbocycles. The molecule has 0 radical (unpaired) electrons. The van der Waals surface area contributed by atoms with E-state index in [1.54, 1.807) is 4.57 Å². The Kier molecular flexibility index (Phi) is 2.67. The molecule has 1 N–H and O–H groups in total. The van der Waals surface area contributed by atoms with Gasteiger partial charge in [0.05, 0.1) is 5.52 Å². The van der Waals surface area contributed by atoms with Crippen molar-refractivity contribution in [2.24, 2.45) is 5.92 Å². The summed E-state index contributed by atoms with van der Waals surface area (Å²) >= 11 is 0. The molecule has 0 fully saturated rings. The van der Waals surface area contributed by atoms with E-state index >= 15 is 0 Å². The second-order valence-corrected chi connectivity index (χ2v) is 5.47. The average Bonchev–Trinajstić information content (AvgIpc) is 2.37. The molecule has 0 amide bonds. The largest absolute Gasteiger partial charge is 0.477 e. The molecule has 104 valence electrons. The molecule has 2 atom stereocenters. The maximum Gasteiger partial charge on any atom is 0.341 e. The van der Waals surface area contributed by atoms with Gasteiger partial charge in [-0.25, -0.2) is 9.18 Å². The second-order valence-electron chi connectivity index (χ2n) is 5.47. The van der Waals surface area contributed by atoms with Gasteiger partial charge in [0, 0.05) is 17.6 Å². The van der Waals surface area contributed by atoms with Crippen LogP contribution in [0.2, 0.25) is 0 Å². The maximum atomic E-state index is 13.7. The molecule has 0 spiro atoms. The minimum atomic E-state index is -1.28. The van der Waals surface area contributed by atoms with Crippen LogP contribution in [0.1, 0.15) is 35.8 Å². The van der Waals surface area contributed by atoms with Crippen LogP contribution in [-0.4, -0.2) is 15.6 Å². The van der Waals surface area contributed by atoms with E-state index in [0.717, 1.165) is 11.6 Å². The van der Waals surface area contributed by atoms with Crippen molar-refractivity contribution in [3.63, 3.8) is 0 Å². The van der Waals surface area contributed by atoms with Crippen molar-refractivity contribution in [2.45, 2.75) is 26.3 Å². The standard InChI is InChI=1S/C15H14FNO3/c1-7-3-9-4-10(16)5-11-13(9)17(8(7)2)6-12(14(11)18)15(19)20/h4-8H,3H2,1-2H3,(H,19,20). The van der Waals surface area contributed by atoms with E-state index in [2.05, 4.69) is 0 Å². The number of rotatable bonds is 1. The molecule has 3 rings (SSSR count). The zero-order valence-corrected chi connectivity index (χ0v) is 11.2. The van der Waals surface area contributed by atoms with Gasteiger partial charge in [-0.1, -0.05) is 6.92 Å². The molecule has 20 heavy (non-hydrogen) atoms. The highest BCUT2D eigenvalue weighted by Gasteiger charge is 2.27. The predicted molar refractivity (Wildman–Crippen MR) is 72.7 cm³/mol. The van der Waals surface area contributed by atoms with Crippen LogP contribution in [0.4, 0.5) is 4.39 Å². The number of hydrogen-bond donors (Lipinski definition) is 1. The van der Waals surface area contributed by atoms with Gasteiger partial charge in [-0.3, -0.25) is 4.79 Å². The first-order valence-electron chi connectivity index (χ1n) is 6.50. The molecule has 0 saturated carbocycles. The molecule has 0 bridgehead atoms. The van der Waals surface area contributed by atoms with Crippen molar-refractivity contribution in [2.75, 3.05) is 0 Å². The van der Waals surface area contributed by atoms with Gasteiger partial charge in [0.2, 0.25) is 5.43 Å². The molecule has 2 aromatic rings. The molecule has 0 saturated heterocycles. The Bertz CT molecular complexity index is 794. The Morgan fingerprint density at radius 3 is 2.75 bits per heavy atom. The van der Waals surface area contributed by atoms with E-state index in [4.69, 9.17) is 5.11 Å². The fraction of sp³-hybridized carbons (Fsp3) is 0.333. The van der Waals surface area contributed by atoms with E-state index < -0.39 is 17.2 Å². The Morgan fingerprint density at radius 1 is 1.40 bits per heavy atom. The highest BCUT2D eigenvalue weighted by atomic mass is 19.1. The second kappa shape index (κ2) is 4.16. The zero-order chi connectivity index (χ0) is 14.6. The fourth-order valence-electron chi connectivity index (χ4n) is 2.96. The summed E-state index contributed by atoms with van der Waals surface area (Å²) in [6.07, 6.45) is 2.07. The number of carbonyl (C=O) groups is 1. The molecule has 2 heterocycles. The lowest BCUT2D eigenvalue weighted by atomic mass is 9.88. The van der Waals surface area contributed by atoms with Crippen molar-refractivity contribution >= 4 is 16.9 Å². The fourth-order valence-corrected chi connectivity index (χ4v) is 2.96. The summed E-state index contributed by atoms with van der Waals surface area (Å²) in [5, 5.41) is 9.30. The third-order valence-electron chi connectivity index (χ3n) is 4.20. The summed E-state index contributed by atoms with van der Waals surface area (Å²) in [4.78, 5) is 23.4. The number of aromatic nitrogens is 1. The van der Waals surface area contributed by atoms with Crippen LogP contribution in [0.5, 0.6) is 0 Å². The van der Waals surface area contributed by atoms with Crippen molar-refractivity contribution in [3.05, 3.63) is 45.5 Å². The number of halogens is 1. The highest BCUT2D eigenvalue weighted by Crippen LogP contribution is 2.34. The van der Waals surface area contributed by atoms with Crippen molar-refractivity contribution in [3.8, 4) is 0 Å². The summed E-state index contributed by atoms with van der Waals surface area (Å²) < 4.78 is 15.5. The average molecular weight is 275 g/mol. The summed E-state index contributed by atoms with van der Waals surface area (Å²) in [7, 11) is 0. The van der Waals surface area contributed by atoms with Gasteiger partial charge in [0.1, 0.15) is 11.4 Å². The number of pyridine rings is 1. The van der Waals surface area contributed by atoms with E-state index in [9.17, 15) is 14.0 Å². The normalized spacial score (nSPS) is 21.1. The van der Waals surface area contributed by atoms with E-state index in [1.807, 2.05) is 13.8 Å². The molecular weight excluding hydrogens is 261 g/mol. The predicted octanol–water partition coefficient (Wildman–Crippen LogP) is 2.59. The third kappa shape index (κ3) is 1.66. The van der Waals surface area contributed by atoms with Gasteiger partial charge in [0.15, 0.2) is 0 Å². The molecule has 4 nitrogen and oxygen atoms in total. The van der Waals surface area contributed by atoms with Crippen LogP contribution in [0.25, 0.3) is 10.9 Å². The first kappa shape index (κ1) is 12.8. The smallest absolute Gasteiger partial charge is 0.341 e. The van der Waals surface area contributed by atoms with Gasteiger partial charge >= 0.3 is 5.97 Å². The minimum absolute atomic E-state index is 0.0640. The Labute approximate surface area is 114 Å². The monoisotopic (exact) mass is 275 g/mol. The molecule has 0 aliphatic carbocycles. The summed E-state index contributed by atoms with van der Waals surface area (Å²) in [6.45, 7) is 4.01. The number of carboxylic acids is 1. The van der Waals surface area contributed by atoms with E-state index in [1.165, 1.54) is 12.3 Å². The SMILES string of the molecule is CC1Cc2cc(F)cc3c(=O)c(C(=O)O)cn(c23)C1C. The Balaban J connectivity index is 2.52. The number of aromatic carboxylic acids is 1. The number of carboxylic acid groups (broad SMARTS) is 1. The van der Waals surface area contributed by atoms with Crippen LogP contribution in [0, 0.1) is 11.7 Å². The number of nitrogens with zero attached hydrogens (tertiary/aromatic N) is 1. The van der Waals surface area contributed by atoms with Gasteiger partial charge in [-0.2, -0.15) is 0 Å². The van der Waals surface area contributed by atoms with Gasteiger partial charge in [0.25, 0.3) is 0 Å². The van der Waals surface area contributed by atoms with Gasteiger partial charge in [-0.05, 0) is 37.0 Å². The van der Waals surface area contributed by atoms with Crippen molar-refractivity contribution < 1.29 is 14.3 Å². The lowest BCUT2D eigenvalue weighted by Crippen LogP contribution is -2.27. The molecular formula is C15H14FNO3. The zero-order valence-electron chi connectivity index (χ0n) is 11.2. The lowest BCUT2D eigenvalue weighted by Gasteiger charge is -2.31. The summed E-state index contributed by atoms with van der Waals surface area (Å²) in [5.41, 5.74) is 0.493. The molecule has 1 aromatic heterocycles. The van der Waals surface area contributed by atoms with Crippen LogP contribution in [-0.2, 0) is 6.42 Å². The molecule has 1 aliphatic heterocycles. The Hall–Kier alpha value is -2.17. The van der Waals surface area contributed by atoms with Crippen LogP contribution in [0.3, 0.4) is 0 Å². The van der Waals surface area contributed by atoms with Crippen LogP contribution in [0.15, 0.2) is 23.1 Å².